The van der Waals surface area contributed by atoms with Crippen molar-refractivity contribution < 1.29 is 18.0 Å². The Balaban J connectivity index is 0.00000156. The third-order valence-electron chi connectivity index (χ3n) is 4.83. The number of hydrogen-bond donors (Lipinski definition) is 1. The minimum atomic E-state index is -4.48. The Bertz CT molecular complexity index is 643. The number of hydrogen-bond acceptors (Lipinski definition) is 2. The van der Waals surface area contributed by atoms with Gasteiger partial charge in [-0.3, -0.25) is 4.79 Å². The van der Waals surface area contributed by atoms with Crippen LogP contribution >= 0.6 is 12.4 Å². The minimum Gasteiger partial charge on any atom is -0.329 e. The van der Waals surface area contributed by atoms with Crippen LogP contribution in [0.4, 0.5) is 13.2 Å². The molecule has 4 rings (SSSR count). The second-order valence-corrected chi connectivity index (χ2v) is 6.47. The van der Waals surface area contributed by atoms with Crippen LogP contribution in [-0.2, 0) is 12.6 Å². The van der Waals surface area contributed by atoms with Crippen LogP contribution in [0, 0.1) is 5.92 Å². The average Bonchev–Trinajstić information content (AvgIpc) is 3.24. The molecule has 1 aromatic rings. The summed E-state index contributed by atoms with van der Waals surface area (Å²) in [6.07, 6.45) is -1.62. The molecule has 0 unspecified atom stereocenters. The summed E-state index contributed by atoms with van der Waals surface area (Å²) in [5.74, 6) is 0.0450. The van der Waals surface area contributed by atoms with Crippen LogP contribution < -0.4 is 5.32 Å². The number of nitrogens with zero attached hydrogens (tertiary/aromatic N) is 1. The Morgan fingerprint density at radius 1 is 1.26 bits per heavy atom. The van der Waals surface area contributed by atoms with Crippen molar-refractivity contribution in [2.45, 2.75) is 31.5 Å². The van der Waals surface area contributed by atoms with Gasteiger partial charge < -0.3 is 10.2 Å². The third kappa shape index (κ3) is 2.83. The Kier molecular flexibility index (Phi) is 4.09. The molecular formula is C16H18ClF3N2O. The maximum absolute atomic E-state index is 13.4. The number of carbonyl (C=O) groups excluding carboxylic acids is 1. The lowest BCUT2D eigenvalue weighted by Gasteiger charge is -2.30. The summed E-state index contributed by atoms with van der Waals surface area (Å²) in [5.41, 5.74) is 0.400. The van der Waals surface area contributed by atoms with E-state index in [1.54, 1.807) is 4.90 Å². The van der Waals surface area contributed by atoms with Gasteiger partial charge in [0.2, 0.25) is 0 Å². The highest BCUT2D eigenvalue weighted by atomic mass is 35.5. The largest absolute Gasteiger partial charge is 0.417 e. The van der Waals surface area contributed by atoms with E-state index in [1.165, 1.54) is 6.07 Å². The first-order chi connectivity index (χ1) is 10.4. The number of piperazine rings is 1. The van der Waals surface area contributed by atoms with Crippen molar-refractivity contribution in [1.82, 2.24) is 10.2 Å². The van der Waals surface area contributed by atoms with E-state index < -0.39 is 17.6 Å². The van der Waals surface area contributed by atoms with Crippen LogP contribution in [0.1, 0.15) is 45.9 Å². The number of fused-ring (bicyclic) bond motifs is 3. The molecule has 1 N–H and O–H groups in total. The summed E-state index contributed by atoms with van der Waals surface area (Å²) in [4.78, 5) is 14.0. The second kappa shape index (κ2) is 5.67. The molecule has 2 fully saturated rings. The van der Waals surface area contributed by atoms with Gasteiger partial charge in [-0.2, -0.15) is 13.2 Å². The lowest BCUT2D eigenvalue weighted by atomic mass is 9.93. The van der Waals surface area contributed by atoms with Gasteiger partial charge in [0.25, 0.3) is 5.91 Å². The maximum Gasteiger partial charge on any atom is 0.417 e. The van der Waals surface area contributed by atoms with Gasteiger partial charge in [0, 0.05) is 19.6 Å². The number of rotatable bonds is 2. The van der Waals surface area contributed by atoms with Crippen LogP contribution in [0.2, 0.25) is 0 Å². The number of alkyl halides is 3. The molecule has 1 aromatic carbocycles. The van der Waals surface area contributed by atoms with E-state index in [0.717, 1.165) is 12.8 Å². The van der Waals surface area contributed by atoms with Crippen LogP contribution in [0.3, 0.4) is 0 Å². The standard InChI is InChI=1S/C16H17F3N2O.ClH/c17-16(18,19)12-7-10(5-9-1-2-9)6-11-13-8-20-3-4-21(13)15(22)14(11)12;/h6-7,9,13,20H,1-5,8H2;1H/t13-;/m0./s1. The van der Waals surface area contributed by atoms with Crippen LogP contribution in [0.25, 0.3) is 0 Å². The average molecular weight is 347 g/mol. The van der Waals surface area contributed by atoms with Crippen molar-refractivity contribution in [3.8, 4) is 0 Å². The van der Waals surface area contributed by atoms with Crippen molar-refractivity contribution >= 4 is 18.3 Å². The minimum absolute atomic E-state index is 0. The molecule has 0 radical (unpaired) electrons. The molecule has 1 saturated carbocycles. The first-order valence-electron chi connectivity index (χ1n) is 7.71. The van der Waals surface area contributed by atoms with Gasteiger partial charge in [0.1, 0.15) is 0 Å². The Morgan fingerprint density at radius 3 is 2.65 bits per heavy atom. The Morgan fingerprint density at radius 2 is 2.00 bits per heavy atom. The predicted octanol–water partition coefficient (Wildman–Crippen LogP) is 3.18. The van der Waals surface area contributed by atoms with E-state index in [0.29, 0.717) is 43.1 Å². The molecule has 0 bridgehead atoms. The molecular weight excluding hydrogens is 329 g/mol. The zero-order chi connectivity index (χ0) is 15.5. The smallest absolute Gasteiger partial charge is 0.329 e. The summed E-state index contributed by atoms with van der Waals surface area (Å²) >= 11 is 0. The van der Waals surface area contributed by atoms with Crippen molar-refractivity contribution in [2.75, 3.05) is 19.6 Å². The van der Waals surface area contributed by atoms with Crippen LogP contribution in [-0.4, -0.2) is 30.4 Å². The lowest BCUT2D eigenvalue weighted by molar-refractivity contribution is -0.138. The number of benzene rings is 1. The van der Waals surface area contributed by atoms with Gasteiger partial charge in [-0.15, -0.1) is 12.4 Å². The third-order valence-corrected chi connectivity index (χ3v) is 4.83. The van der Waals surface area contributed by atoms with E-state index in [-0.39, 0.29) is 24.0 Å². The summed E-state index contributed by atoms with van der Waals surface area (Å²) < 4.78 is 40.3. The number of carbonyl (C=O) groups is 1. The fraction of sp³-hybridized carbons (Fsp3) is 0.562. The molecule has 0 spiro atoms. The molecule has 2 aliphatic heterocycles. The fourth-order valence-corrected chi connectivity index (χ4v) is 3.59. The summed E-state index contributed by atoms with van der Waals surface area (Å²) in [6.45, 7) is 1.63. The molecule has 1 saturated heterocycles. The number of halogens is 4. The highest BCUT2D eigenvalue weighted by molar-refractivity contribution is 6.01. The van der Waals surface area contributed by atoms with Gasteiger partial charge in [-0.25, -0.2) is 0 Å². The van der Waals surface area contributed by atoms with Crippen LogP contribution in [0.5, 0.6) is 0 Å². The van der Waals surface area contributed by atoms with Crippen LogP contribution in [0.15, 0.2) is 12.1 Å². The molecule has 3 aliphatic rings. The normalized spacial score (nSPS) is 23.3. The van der Waals surface area contributed by atoms with E-state index in [4.69, 9.17) is 0 Å². The quantitative estimate of drug-likeness (QED) is 0.892. The first kappa shape index (κ1) is 16.6. The second-order valence-electron chi connectivity index (χ2n) is 6.47. The molecule has 1 aliphatic carbocycles. The molecule has 3 nitrogen and oxygen atoms in total. The van der Waals surface area contributed by atoms with Crippen molar-refractivity contribution in [1.29, 1.82) is 0 Å². The van der Waals surface area contributed by atoms with Crippen molar-refractivity contribution in [2.24, 2.45) is 5.92 Å². The summed E-state index contributed by atoms with van der Waals surface area (Å²) in [5, 5.41) is 3.17. The summed E-state index contributed by atoms with van der Waals surface area (Å²) in [6, 6.07) is 2.77. The van der Waals surface area contributed by atoms with Gasteiger partial charge in [0.05, 0.1) is 17.2 Å². The van der Waals surface area contributed by atoms with Gasteiger partial charge in [0.15, 0.2) is 0 Å². The van der Waals surface area contributed by atoms with E-state index in [2.05, 4.69) is 5.32 Å². The zero-order valence-electron chi connectivity index (χ0n) is 12.4. The molecule has 23 heavy (non-hydrogen) atoms. The Hall–Kier alpha value is -1.27. The lowest BCUT2D eigenvalue weighted by Crippen LogP contribution is -2.44. The highest BCUT2D eigenvalue weighted by Gasteiger charge is 2.45. The molecule has 126 valence electrons. The SMILES string of the molecule is Cl.O=C1c2c(cc(CC3CC3)cc2C(F)(F)F)[C@@H]2CNCCN12. The highest BCUT2D eigenvalue weighted by Crippen LogP contribution is 2.44. The van der Waals surface area contributed by atoms with Gasteiger partial charge >= 0.3 is 6.18 Å². The molecule has 1 amide bonds. The topological polar surface area (TPSA) is 32.3 Å². The molecule has 0 aromatic heterocycles. The molecule has 7 heteroatoms. The monoisotopic (exact) mass is 346 g/mol. The summed E-state index contributed by atoms with van der Waals surface area (Å²) in [7, 11) is 0. The number of amides is 1. The van der Waals surface area contributed by atoms with Gasteiger partial charge in [-0.1, -0.05) is 6.07 Å². The molecule has 2 heterocycles. The van der Waals surface area contributed by atoms with Crippen molar-refractivity contribution in [3.05, 3.63) is 34.4 Å². The van der Waals surface area contributed by atoms with E-state index in [9.17, 15) is 18.0 Å². The predicted molar refractivity (Wildman–Crippen MR) is 81.8 cm³/mol. The van der Waals surface area contributed by atoms with Gasteiger partial charge in [-0.05, 0) is 42.4 Å². The fourth-order valence-electron chi connectivity index (χ4n) is 3.59. The van der Waals surface area contributed by atoms with E-state index in [1.807, 2.05) is 6.07 Å². The first-order valence-corrected chi connectivity index (χ1v) is 7.71. The Labute approximate surface area is 138 Å². The van der Waals surface area contributed by atoms with E-state index >= 15 is 0 Å². The molecule has 1 atom stereocenters. The van der Waals surface area contributed by atoms with Crippen molar-refractivity contribution in [3.63, 3.8) is 0 Å². The maximum atomic E-state index is 13.4. The number of nitrogens with one attached hydrogen (secondary N) is 1. The zero-order valence-corrected chi connectivity index (χ0v) is 13.3.